The number of benzene rings is 6. The minimum Gasteiger partial charge on any atom is -0.302 e. The van der Waals surface area contributed by atoms with Crippen molar-refractivity contribution in [3.8, 4) is 0 Å². The third kappa shape index (κ3) is 7.95. The lowest BCUT2D eigenvalue weighted by molar-refractivity contribution is 0.103. The molecule has 6 aromatic carbocycles. The molecule has 0 radical (unpaired) electrons. The van der Waals surface area contributed by atoms with Gasteiger partial charge in [-0.3, -0.25) is 14.2 Å². The molecular weight excluding hydrogens is 745 g/mol. The molecule has 13 heteroatoms. The zero-order chi connectivity index (χ0) is 38.7. The van der Waals surface area contributed by atoms with Crippen LogP contribution in [0, 0.1) is 0 Å². The lowest BCUT2D eigenvalue weighted by Gasteiger charge is -2.12. The average molecular weight is 781 g/mol. The highest BCUT2D eigenvalue weighted by molar-refractivity contribution is 7.93. The fourth-order valence-electron chi connectivity index (χ4n) is 6.67. The summed E-state index contributed by atoms with van der Waals surface area (Å²) in [5.74, 6) is -0.535. The first-order chi connectivity index (χ1) is 27.1. The van der Waals surface area contributed by atoms with Gasteiger partial charge < -0.3 is 10.9 Å². The Kier molecular flexibility index (Phi) is 9.94. The molecule has 0 fully saturated rings. The molecule has 0 aliphatic carbocycles. The quantitative estimate of drug-likeness (QED) is 0.0943. The van der Waals surface area contributed by atoms with Gasteiger partial charge in [-0.15, -0.1) is 0 Å². The number of sulfonamides is 2. The lowest BCUT2D eigenvalue weighted by Crippen LogP contribution is -2.15. The Balaban J connectivity index is 0.909. The van der Waals surface area contributed by atoms with Crippen molar-refractivity contribution >= 4 is 48.6 Å². The van der Waals surface area contributed by atoms with Crippen LogP contribution in [0.15, 0.2) is 178 Å². The maximum atomic E-state index is 13.6. The van der Waals surface area contributed by atoms with Crippen LogP contribution in [0.1, 0.15) is 63.1 Å². The van der Waals surface area contributed by atoms with Crippen LogP contribution < -0.4 is 20.3 Å². The van der Waals surface area contributed by atoms with Gasteiger partial charge in [0.1, 0.15) is 0 Å². The summed E-state index contributed by atoms with van der Waals surface area (Å²) in [4.78, 5) is 13.4. The molecule has 0 aromatic heterocycles. The zero-order valence-corrected chi connectivity index (χ0v) is 31.5. The number of hydrogen-bond acceptors (Lipinski definition) is 9. The Morgan fingerprint density at radius 1 is 0.500 bits per heavy atom. The van der Waals surface area contributed by atoms with Crippen molar-refractivity contribution in [3.05, 3.63) is 191 Å². The van der Waals surface area contributed by atoms with Gasteiger partial charge in [0.2, 0.25) is 0 Å². The molecule has 280 valence electrons. The van der Waals surface area contributed by atoms with E-state index in [1.807, 2.05) is 60.7 Å². The highest BCUT2D eigenvalue weighted by Crippen LogP contribution is 2.28. The molecule has 4 N–H and O–H groups in total. The van der Waals surface area contributed by atoms with E-state index in [0.29, 0.717) is 24.2 Å². The summed E-state index contributed by atoms with van der Waals surface area (Å²) in [6, 6.07) is 45.3. The zero-order valence-electron chi connectivity index (χ0n) is 29.8. The van der Waals surface area contributed by atoms with Crippen LogP contribution in [0.4, 0.5) is 11.4 Å². The molecule has 0 saturated heterocycles. The molecule has 0 amide bonds. The standard InChI is InChI=1S/C43H36N6O5S2/c50-43(33-13-7-15-37(25-33)55(51,52)48-35-21-17-31(18-22-35)41-27-39(44-46-41)29-9-3-1-4-10-29)34-14-8-16-38(26-34)56(53,54)49-36-23-19-32(20-24-36)42-28-40(45-47-42)30-11-5-2-6-12-30/h1-26,39-40,44-45,48-49H,27-28H2. The Morgan fingerprint density at radius 2 is 0.893 bits per heavy atom. The van der Waals surface area contributed by atoms with E-state index in [0.717, 1.165) is 33.7 Å². The van der Waals surface area contributed by atoms with Gasteiger partial charge in [0, 0.05) is 35.3 Å². The Bertz CT molecular complexity index is 2500. The fraction of sp³-hybridized carbons (Fsp3) is 0.0930. The van der Waals surface area contributed by atoms with Gasteiger partial charge in [-0.25, -0.2) is 16.8 Å². The predicted octanol–water partition coefficient (Wildman–Crippen LogP) is 7.40. The lowest BCUT2D eigenvalue weighted by atomic mass is 9.99. The topological polar surface area (TPSA) is 158 Å². The number of hydrazone groups is 2. The van der Waals surface area contributed by atoms with Crippen molar-refractivity contribution < 1.29 is 21.6 Å². The van der Waals surface area contributed by atoms with Crippen molar-refractivity contribution in [2.45, 2.75) is 34.7 Å². The van der Waals surface area contributed by atoms with Crippen LogP contribution in [0.5, 0.6) is 0 Å². The number of carbonyl (C=O) groups excluding carboxylic acids is 1. The number of nitrogens with one attached hydrogen (secondary N) is 4. The SMILES string of the molecule is O=C(c1cccc(S(=O)(=O)Nc2ccc(C3=NNC(c4ccccc4)C3)cc2)c1)c1cccc(S(=O)(=O)Nc2ccc(C3=NNC(c4ccccc4)C3)cc2)c1. The summed E-state index contributed by atoms with van der Waals surface area (Å²) in [5, 5.41) is 8.97. The van der Waals surface area contributed by atoms with E-state index < -0.39 is 25.8 Å². The Labute approximate surface area is 325 Å². The smallest absolute Gasteiger partial charge is 0.261 e. The van der Waals surface area contributed by atoms with E-state index >= 15 is 0 Å². The number of rotatable bonds is 12. The molecule has 2 aliphatic heterocycles. The molecule has 0 saturated carbocycles. The second-order valence-electron chi connectivity index (χ2n) is 13.5. The minimum absolute atomic E-state index is 0.0663. The maximum absolute atomic E-state index is 13.6. The second-order valence-corrected chi connectivity index (χ2v) is 16.8. The van der Waals surface area contributed by atoms with Crippen molar-refractivity contribution in [2.75, 3.05) is 9.44 Å². The van der Waals surface area contributed by atoms with Crippen molar-refractivity contribution in [1.82, 2.24) is 10.9 Å². The van der Waals surface area contributed by atoms with Crippen molar-refractivity contribution in [2.24, 2.45) is 10.2 Å². The monoisotopic (exact) mass is 780 g/mol. The first-order valence-electron chi connectivity index (χ1n) is 17.9. The van der Waals surface area contributed by atoms with Gasteiger partial charge in [0.15, 0.2) is 5.78 Å². The van der Waals surface area contributed by atoms with Gasteiger partial charge >= 0.3 is 0 Å². The van der Waals surface area contributed by atoms with Crippen molar-refractivity contribution in [1.29, 1.82) is 0 Å². The highest BCUT2D eigenvalue weighted by Gasteiger charge is 2.24. The Morgan fingerprint density at radius 3 is 1.29 bits per heavy atom. The van der Waals surface area contributed by atoms with Crippen LogP contribution in [0.25, 0.3) is 0 Å². The van der Waals surface area contributed by atoms with Gasteiger partial charge in [0.25, 0.3) is 20.0 Å². The molecule has 2 atom stereocenters. The van der Waals surface area contributed by atoms with Crippen molar-refractivity contribution in [3.63, 3.8) is 0 Å². The van der Waals surface area contributed by atoms with Gasteiger partial charge in [0.05, 0.1) is 33.3 Å². The number of nitrogens with zero attached hydrogens (tertiary/aromatic N) is 2. The fourth-order valence-corrected chi connectivity index (χ4v) is 8.87. The normalized spacial score (nSPS) is 16.6. The number of anilines is 2. The van der Waals surface area contributed by atoms with E-state index in [-0.39, 0.29) is 33.0 Å². The molecule has 11 nitrogen and oxygen atoms in total. The largest absolute Gasteiger partial charge is 0.302 e. The summed E-state index contributed by atoms with van der Waals surface area (Å²) in [5.41, 5.74) is 12.9. The molecule has 2 heterocycles. The third-order valence-corrected chi connectivity index (χ3v) is 12.4. The minimum atomic E-state index is -4.08. The van der Waals surface area contributed by atoms with Gasteiger partial charge in [-0.05, 0) is 70.8 Å². The van der Waals surface area contributed by atoms with E-state index in [1.54, 1.807) is 48.5 Å². The van der Waals surface area contributed by atoms with E-state index in [4.69, 9.17) is 0 Å². The summed E-state index contributed by atoms with van der Waals surface area (Å²) in [6.45, 7) is 0. The van der Waals surface area contributed by atoms with Crippen LogP contribution in [0.3, 0.4) is 0 Å². The molecule has 56 heavy (non-hydrogen) atoms. The first-order valence-corrected chi connectivity index (χ1v) is 20.8. The van der Waals surface area contributed by atoms with Crippen LogP contribution >= 0.6 is 0 Å². The Hall–Kier alpha value is -6.57. The van der Waals surface area contributed by atoms with E-state index in [1.165, 1.54) is 48.5 Å². The summed E-state index contributed by atoms with van der Waals surface area (Å²) < 4.78 is 58.9. The molecule has 2 unspecified atom stereocenters. The van der Waals surface area contributed by atoms with Crippen LogP contribution in [-0.4, -0.2) is 34.0 Å². The van der Waals surface area contributed by atoms with Gasteiger partial charge in [-0.2, -0.15) is 10.2 Å². The van der Waals surface area contributed by atoms with Crippen LogP contribution in [-0.2, 0) is 20.0 Å². The third-order valence-electron chi connectivity index (χ3n) is 9.66. The predicted molar refractivity (Wildman–Crippen MR) is 218 cm³/mol. The maximum Gasteiger partial charge on any atom is 0.261 e. The molecule has 8 rings (SSSR count). The molecule has 6 aromatic rings. The second kappa shape index (κ2) is 15.3. The van der Waals surface area contributed by atoms with E-state index in [2.05, 4.69) is 30.5 Å². The average Bonchev–Trinajstić information content (AvgIpc) is 3.94. The number of carbonyl (C=O) groups is 1. The summed E-state index contributed by atoms with van der Waals surface area (Å²) in [7, 11) is -8.16. The molecule has 0 spiro atoms. The highest BCUT2D eigenvalue weighted by atomic mass is 32.2. The number of ketones is 1. The van der Waals surface area contributed by atoms with E-state index in [9.17, 15) is 21.6 Å². The first kappa shape index (κ1) is 36.4. The number of hydrogen-bond donors (Lipinski definition) is 4. The molecule has 0 bridgehead atoms. The summed E-state index contributed by atoms with van der Waals surface area (Å²) in [6.07, 6.45) is 1.39. The van der Waals surface area contributed by atoms with Crippen LogP contribution in [0.2, 0.25) is 0 Å². The summed E-state index contributed by atoms with van der Waals surface area (Å²) >= 11 is 0. The molecule has 2 aliphatic rings. The van der Waals surface area contributed by atoms with Gasteiger partial charge in [-0.1, -0.05) is 109 Å². The molecular formula is C43H36N6O5S2.